The minimum atomic E-state index is -0.225. The van der Waals surface area contributed by atoms with Crippen LogP contribution in [0.3, 0.4) is 0 Å². The second kappa shape index (κ2) is 8.14. The molecule has 0 unspecified atom stereocenters. The SMILES string of the molecule is Cc1cc(C)nc(-n2nc(C)c(CC(=O)NC[C@H]3COc4ccccc4O3)c2C)n1. The van der Waals surface area contributed by atoms with Gasteiger partial charge in [-0.25, -0.2) is 14.6 Å². The summed E-state index contributed by atoms with van der Waals surface area (Å²) in [4.78, 5) is 21.5. The van der Waals surface area contributed by atoms with Crippen LogP contribution in [0.4, 0.5) is 0 Å². The first-order chi connectivity index (χ1) is 14.4. The van der Waals surface area contributed by atoms with E-state index in [0.717, 1.165) is 34.1 Å². The Balaban J connectivity index is 1.41. The molecule has 1 atom stereocenters. The molecule has 1 aliphatic rings. The molecule has 1 amide bonds. The molecule has 0 aliphatic carbocycles. The summed E-state index contributed by atoms with van der Waals surface area (Å²) in [5.74, 6) is 1.85. The van der Waals surface area contributed by atoms with Gasteiger partial charge in [0, 0.05) is 22.6 Å². The van der Waals surface area contributed by atoms with Crippen molar-refractivity contribution in [2.75, 3.05) is 13.2 Å². The normalized spacial score (nSPS) is 15.1. The average molecular weight is 407 g/mol. The molecule has 8 heteroatoms. The van der Waals surface area contributed by atoms with E-state index in [-0.39, 0.29) is 18.4 Å². The number of hydrogen-bond donors (Lipinski definition) is 1. The van der Waals surface area contributed by atoms with Crippen LogP contribution >= 0.6 is 0 Å². The third kappa shape index (κ3) is 4.12. The zero-order valence-corrected chi connectivity index (χ0v) is 17.6. The molecular formula is C22H25N5O3. The van der Waals surface area contributed by atoms with Gasteiger partial charge in [0.1, 0.15) is 12.7 Å². The number of nitrogens with one attached hydrogen (secondary N) is 1. The number of carbonyl (C=O) groups is 1. The molecule has 30 heavy (non-hydrogen) atoms. The Morgan fingerprint density at radius 2 is 1.83 bits per heavy atom. The van der Waals surface area contributed by atoms with Crippen molar-refractivity contribution in [1.82, 2.24) is 25.1 Å². The number of fused-ring (bicyclic) bond motifs is 1. The van der Waals surface area contributed by atoms with E-state index in [2.05, 4.69) is 20.4 Å². The van der Waals surface area contributed by atoms with Crippen molar-refractivity contribution in [3.05, 3.63) is 58.7 Å². The summed E-state index contributed by atoms with van der Waals surface area (Å²) in [5.41, 5.74) is 4.28. The number of benzene rings is 1. The van der Waals surface area contributed by atoms with Crippen LogP contribution < -0.4 is 14.8 Å². The van der Waals surface area contributed by atoms with Crippen molar-refractivity contribution in [2.45, 2.75) is 40.2 Å². The summed E-state index contributed by atoms with van der Waals surface area (Å²) in [6, 6.07) is 9.44. The highest BCUT2D eigenvalue weighted by atomic mass is 16.6. The van der Waals surface area contributed by atoms with Gasteiger partial charge >= 0.3 is 0 Å². The number of aromatic nitrogens is 4. The quantitative estimate of drug-likeness (QED) is 0.698. The number of rotatable bonds is 5. The van der Waals surface area contributed by atoms with Crippen LogP contribution in [0.2, 0.25) is 0 Å². The summed E-state index contributed by atoms with van der Waals surface area (Å²) < 4.78 is 13.3. The highest BCUT2D eigenvalue weighted by molar-refractivity contribution is 5.79. The average Bonchev–Trinajstić information content (AvgIpc) is 2.99. The van der Waals surface area contributed by atoms with E-state index in [9.17, 15) is 4.79 Å². The third-order valence-electron chi connectivity index (χ3n) is 5.03. The van der Waals surface area contributed by atoms with E-state index in [1.54, 1.807) is 4.68 Å². The Morgan fingerprint density at radius 3 is 2.57 bits per heavy atom. The molecular weight excluding hydrogens is 382 g/mol. The number of para-hydroxylation sites is 2. The molecule has 1 N–H and O–H groups in total. The maximum Gasteiger partial charge on any atom is 0.251 e. The van der Waals surface area contributed by atoms with Crippen LogP contribution in [-0.4, -0.2) is 44.9 Å². The molecule has 0 bridgehead atoms. The van der Waals surface area contributed by atoms with E-state index >= 15 is 0 Å². The minimum absolute atomic E-state index is 0.0930. The molecule has 0 spiro atoms. The van der Waals surface area contributed by atoms with E-state index in [1.165, 1.54) is 0 Å². The Hall–Kier alpha value is -3.42. The van der Waals surface area contributed by atoms with Gasteiger partial charge in [0.25, 0.3) is 5.95 Å². The first-order valence-electron chi connectivity index (χ1n) is 9.93. The molecule has 2 aromatic heterocycles. The Morgan fingerprint density at radius 1 is 1.13 bits per heavy atom. The fraction of sp³-hybridized carbons (Fsp3) is 0.364. The lowest BCUT2D eigenvalue weighted by molar-refractivity contribution is -0.121. The zero-order chi connectivity index (χ0) is 21.3. The van der Waals surface area contributed by atoms with Crippen molar-refractivity contribution in [1.29, 1.82) is 0 Å². The third-order valence-corrected chi connectivity index (χ3v) is 5.03. The van der Waals surface area contributed by atoms with E-state index in [4.69, 9.17) is 9.47 Å². The number of aryl methyl sites for hydroxylation is 3. The van der Waals surface area contributed by atoms with Crippen LogP contribution in [-0.2, 0) is 11.2 Å². The van der Waals surface area contributed by atoms with Crippen LogP contribution in [0.1, 0.15) is 28.3 Å². The van der Waals surface area contributed by atoms with Gasteiger partial charge in [0.15, 0.2) is 11.5 Å². The van der Waals surface area contributed by atoms with Crippen molar-refractivity contribution in [2.24, 2.45) is 0 Å². The molecule has 0 saturated carbocycles. The fourth-order valence-electron chi connectivity index (χ4n) is 3.54. The van der Waals surface area contributed by atoms with Gasteiger partial charge in [-0.1, -0.05) is 12.1 Å². The van der Waals surface area contributed by atoms with Gasteiger partial charge in [-0.15, -0.1) is 0 Å². The number of amides is 1. The van der Waals surface area contributed by atoms with Gasteiger partial charge in [0.05, 0.1) is 18.7 Å². The summed E-state index contributed by atoms with van der Waals surface area (Å²) in [6.07, 6.45) is 0.00420. The molecule has 0 saturated heterocycles. The second-order valence-electron chi connectivity index (χ2n) is 7.49. The first kappa shape index (κ1) is 19.9. The van der Waals surface area contributed by atoms with Crippen molar-refractivity contribution in [3.8, 4) is 17.4 Å². The number of carbonyl (C=O) groups excluding carboxylic acids is 1. The van der Waals surface area contributed by atoms with Gasteiger partial charge in [0.2, 0.25) is 5.91 Å². The van der Waals surface area contributed by atoms with Crippen LogP contribution in [0.15, 0.2) is 30.3 Å². The number of ether oxygens (including phenoxy) is 2. The molecule has 1 aromatic carbocycles. The van der Waals surface area contributed by atoms with Gasteiger partial charge < -0.3 is 14.8 Å². The second-order valence-corrected chi connectivity index (χ2v) is 7.49. The van der Waals surface area contributed by atoms with E-state index in [0.29, 0.717) is 24.8 Å². The summed E-state index contributed by atoms with van der Waals surface area (Å²) in [7, 11) is 0. The number of hydrogen-bond acceptors (Lipinski definition) is 6. The lowest BCUT2D eigenvalue weighted by atomic mass is 10.1. The molecule has 3 aromatic rings. The monoisotopic (exact) mass is 407 g/mol. The fourth-order valence-corrected chi connectivity index (χ4v) is 3.54. The molecule has 3 heterocycles. The lowest BCUT2D eigenvalue weighted by Crippen LogP contribution is -2.41. The summed E-state index contributed by atoms with van der Waals surface area (Å²) >= 11 is 0. The van der Waals surface area contributed by atoms with Gasteiger partial charge in [-0.3, -0.25) is 4.79 Å². The highest BCUT2D eigenvalue weighted by Crippen LogP contribution is 2.30. The van der Waals surface area contributed by atoms with Gasteiger partial charge in [-0.05, 0) is 45.9 Å². The number of nitrogens with zero attached hydrogens (tertiary/aromatic N) is 4. The Labute approximate surface area is 175 Å². The molecule has 8 nitrogen and oxygen atoms in total. The first-order valence-corrected chi connectivity index (χ1v) is 9.93. The smallest absolute Gasteiger partial charge is 0.251 e. The van der Waals surface area contributed by atoms with E-state index < -0.39 is 0 Å². The van der Waals surface area contributed by atoms with Crippen molar-refractivity contribution in [3.63, 3.8) is 0 Å². The van der Waals surface area contributed by atoms with Gasteiger partial charge in [-0.2, -0.15) is 5.10 Å². The van der Waals surface area contributed by atoms with Crippen molar-refractivity contribution >= 4 is 5.91 Å². The highest BCUT2D eigenvalue weighted by Gasteiger charge is 2.22. The largest absolute Gasteiger partial charge is 0.486 e. The molecule has 156 valence electrons. The maximum absolute atomic E-state index is 12.6. The standard InChI is InChI=1S/C22H25N5O3/c1-13-9-14(2)25-22(24-13)27-16(4)18(15(3)26-27)10-21(28)23-11-17-12-29-19-7-5-6-8-20(19)30-17/h5-9,17H,10-12H2,1-4H3,(H,23,28)/t17-/m0/s1. The lowest BCUT2D eigenvalue weighted by Gasteiger charge is -2.26. The minimum Gasteiger partial charge on any atom is -0.486 e. The van der Waals surface area contributed by atoms with Crippen molar-refractivity contribution < 1.29 is 14.3 Å². The molecule has 4 rings (SSSR count). The molecule has 1 aliphatic heterocycles. The summed E-state index contributed by atoms with van der Waals surface area (Å²) in [5, 5.41) is 7.50. The zero-order valence-electron chi connectivity index (χ0n) is 17.6. The molecule has 0 fully saturated rings. The predicted octanol–water partition coefficient (Wildman–Crippen LogP) is 2.39. The molecule has 0 radical (unpaired) electrons. The summed E-state index contributed by atoms with van der Waals surface area (Å²) in [6.45, 7) is 8.45. The van der Waals surface area contributed by atoms with Crippen LogP contribution in [0, 0.1) is 27.7 Å². The topological polar surface area (TPSA) is 91.2 Å². The predicted molar refractivity (Wildman–Crippen MR) is 111 cm³/mol. The van der Waals surface area contributed by atoms with Crippen LogP contribution in [0.5, 0.6) is 11.5 Å². The van der Waals surface area contributed by atoms with E-state index in [1.807, 2.05) is 58.0 Å². The maximum atomic E-state index is 12.6. The van der Waals surface area contributed by atoms with Crippen LogP contribution in [0.25, 0.3) is 5.95 Å². The Kier molecular flexibility index (Phi) is 5.39. The Bertz CT molecular complexity index is 1070.